The summed E-state index contributed by atoms with van der Waals surface area (Å²) in [6.07, 6.45) is 3.03. The van der Waals surface area contributed by atoms with Crippen LogP contribution in [0.4, 0.5) is 0 Å². The van der Waals surface area contributed by atoms with Crippen molar-refractivity contribution in [2.75, 3.05) is 19.7 Å². The van der Waals surface area contributed by atoms with E-state index in [9.17, 15) is 5.11 Å². The molecule has 2 heterocycles. The second-order valence-electron chi connectivity index (χ2n) is 5.16. The van der Waals surface area contributed by atoms with Crippen molar-refractivity contribution < 1.29 is 23.7 Å². The molecule has 4 heteroatoms. The van der Waals surface area contributed by atoms with Crippen LogP contribution in [-0.2, 0) is 0 Å². The minimum Gasteiger partial charge on any atom is -1.00 e. The van der Waals surface area contributed by atoms with E-state index in [4.69, 9.17) is 4.74 Å². The molecule has 2 N–H and O–H groups in total. The van der Waals surface area contributed by atoms with Crippen molar-refractivity contribution in [3.8, 4) is 5.75 Å². The first-order chi connectivity index (χ1) is 8.33. The van der Waals surface area contributed by atoms with Crippen LogP contribution in [0.5, 0.6) is 5.75 Å². The van der Waals surface area contributed by atoms with E-state index in [1.807, 2.05) is 18.2 Å². The first-order valence-corrected chi connectivity index (χ1v) is 6.42. The zero-order valence-electron chi connectivity index (χ0n) is 11.4. The highest BCUT2D eigenvalue weighted by atomic mass is 35.5. The third kappa shape index (κ3) is 2.35. The number of nitrogens with one attached hydrogen (secondary N) is 1. The van der Waals surface area contributed by atoms with Crippen LogP contribution in [0.2, 0.25) is 0 Å². The summed E-state index contributed by atoms with van der Waals surface area (Å²) in [6.45, 7) is 2.25. The van der Waals surface area contributed by atoms with Gasteiger partial charge in [-0.2, -0.15) is 0 Å². The molecule has 3 rings (SSSR count). The molecule has 1 unspecified atom stereocenters. The summed E-state index contributed by atoms with van der Waals surface area (Å²) in [4.78, 5) is 0. The van der Waals surface area contributed by atoms with Gasteiger partial charge in [-0.15, -0.1) is 0 Å². The van der Waals surface area contributed by atoms with E-state index in [0.717, 1.165) is 38.1 Å². The minimum atomic E-state index is -0.0486. The summed E-state index contributed by atoms with van der Waals surface area (Å²) < 4.78 is 6.24. The highest BCUT2D eigenvalue weighted by Gasteiger charge is 2.41. The van der Waals surface area contributed by atoms with Crippen molar-refractivity contribution in [3.63, 3.8) is 0 Å². The predicted molar refractivity (Wildman–Crippen MR) is 67.5 cm³/mol. The summed E-state index contributed by atoms with van der Waals surface area (Å²) >= 11 is 0. The van der Waals surface area contributed by atoms with Gasteiger partial charge in [0, 0.05) is 5.92 Å². The number of rotatable bonds is 1. The lowest BCUT2D eigenvalue weighted by Crippen LogP contribution is -3.00. The summed E-state index contributed by atoms with van der Waals surface area (Å²) in [5.74, 6) is 1.21. The van der Waals surface area contributed by atoms with Crippen molar-refractivity contribution in [2.24, 2.45) is 0 Å². The van der Waals surface area contributed by atoms with Gasteiger partial charge in [-0.3, -0.25) is 0 Å². The van der Waals surface area contributed by atoms with Crippen molar-refractivity contribution in [3.05, 3.63) is 29.8 Å². The molecule has 100 valence electrons. The summed E-state index contributed by atoms with van der Waals surface area (Å²) in [6, 6.07) is 8.13. The van der Waals surface area contributed by atoms with Gasteiger partial charge in [0.25, 0.3) is 0 Å². The quantitative estimate of drug-likeness (QED) is 0.672. The van der Waals surface area contributed by atoms with Gasteiger partial charge < -0.3 is 27.6 Å². The Kier molecular flexibility index (Phi) is 4.15. The molecule has 18 heavy (non-hydrogen) atoms. The van der Waals surface area contributed by atoms with E-state index >= 15 is 0 Å². The van der Waals surface area contributed by atoms with Crippen LogP contribution in [0.25, 0.3) is 0 Å². The number of hydrogen-bond donors (Lipinski definition) is 2. The van der Waals surface area contributed by atoms with Crippen molar-refractivity contribution in [1.29, 1.82) is 0 Å². The van der Waals surface area contributed by atoms with E-state index in [-0.39, 0.29) is 32.0 Å². The molecule has 1 spiro atoms. The lowest BCUT2D eigenvalue weighted by atomic mass is 9.78. The van der Waals surface area contributed by atoms with E-state index < -0.39 is 0 Å². The van der Waals surface area contributed by atoms with Gasteiger partial charge in [-0.1, -0.05) is 18.2 Å². The average Bonchev–Trinajstić information content (AvgIpc) is 2.38. The van der Waals surface area contributed by atoms with E-state index in [1.165, 1.54) is 5.56 Å². The maximum absolute atomic E-state index is 9.58. The molecule has 0 bridgehead atoms. The Bertz CT molecular complexity index is 410. The van der Waals surface area contributed by atoms with Crippen LogP contribution < -0.4 is 22.5 Å². The molecule has 0 aromatic heterocycles. The molecule has 1 aromatic carbocycles. The standard InChI is InChI=1S/C14H19NO2.ClH/c16-10-11-9-14(5-7-15-8-6-14)17-13-4-2-1-3-12(11)13;/h1-4,11,15-16H,5-10H2;1H. The SMILES string of the molecule is OCC1CC2(CCNCC2)Oc2ccccc21.[Cl-].[H+]. The van der Waals surface area contributed by atoms with Crippen LogP contribution in [0.3, 0.4) is 0 Å². The second kappa shape index (κ2) is 5.47. The average molecular weight is 270 g/mol. The summed E-state index contributed by atoms with van der Waals surface area (Å²) in [7, 11) is 0. The van der Waals surface area contributed by atoms with Crippen LogP contribution in [0.1, 0.15) is 32.2 Å². The predicted octanol–water partition coefficient (Wildman–Crippen LogP) is -1.22. The third-order valence-corrected chi connectivity index (χ3v) is 4.04. The molecule has 1 aromatic rings. The fourth-order valence-corrected chi connectivity index (χ4v) is 3.10. The number of piperidine rings is 1. The van der Waals surface area contributed by atoms with Gasteiger partial charge >= 0.3 is 1.43 Å². The van der Waals surface area contributed by atoms with Crippen LogP contribution in [0, 0.1) is 0 Å². The van der Waals surface area contributed by atoms with Gasteiger partial charge in [0.1, 0.15) is 11.4 Å². The molecule has 0 radical (unpaired) electrons. The lowest BCUT2D eigenvalue weighted by Gasteiger charge is -2.44. The maximum Gasteiger partial charge on any atom is 1.00 e. The number of para-hydroxylation sites is 1. The van der Waals surface area contributed by atoms with E-state index in [2.05, 4.69) is 11.4 Å². The normalized spacial score (nSPS) is 24.8. The van der Waals surface area contributed by atoms with Crippen LogP contribution >= 0.6 is 0 Å². The number of halogens is 1. The van der Waals surface area contributed by atoms with E-state index in [1.54, 1.807) is 0 Å². The summed E-state index contributed by atoms with van der Waals surface area (Å²) in [5.41, 5.74) is 1.12. The molecule has 1 atom stereocenters. The van der Waals surface area contributed by atoms with E-state index in [0.29, 0.717) is 0 Å². The molecule has 0 amide bonds. The Balaban J connectivity index is 0.000000902. The van der Waals surface area contributed by atoms with Crippen molar-refractivity contribution in [1.82, 2.24) is 5.32 Å². The minimum absolute atomic E-state index is 0. The number of ether oxygens (including phenoxy) is 1. The highest BCUT2D eigenvalue weighted by Crippen LogP contribution is 2.44. The lowest BCUT2D eigenvalue weighted by molar-refractivity contribution is -0.000338. The Labute approximate surface area is 115 Å². The molecular weight excluding hydrogens is 250 g/mol. The van der Waals surface area contributed by atoms with Crippen LogP contribution in [0.15, 0.2) is 24.3 Å². The molecule has 1 saturated heterocycles. The number of hydrogen-bond acceptors (Lipinski definition) is 3. The fourth-order valence-electron chi connectivity index (χ4n) is 3.10. The fraction of sp³-hybridized carbons (Fsp3) is 0.571. The van der Waals surface area contributed by atoms with Crippen LogP contribution in [-0.4, -0.2) is 30.4 Å². The number of fused-ring (bicyclic) bond motifs is 1. The third-order valence-electron chi connectivity index (χ3n) is 4.04. The zero-order chi connectivity index (χ0) is 11.7. The Morgan fingerprint density at radius 1 is 1.33 bits per heavy atom. The molecule has 3 nitrogen and oxygen atoms in total. The van der Waals surface area contributed by atoms with Crippen molar-refractivity contribution >= 4 is 0 Å². The Morgan fingerprint density at radius 3 is 2.78 bits per heavy atom. The molecule has 2 aliphatic rings. The van der Waals surface area contributed by atoms with Crippen molar-refractivity contribution in [2.45, 2.75) is 30.8 Å². The molecular formula is C14H20ClNO2. The number of benzene rings is 1. The topological polar surface area (TPSA) is 41.5 Å². The first-order valence-electron chi connectivity index (χ1n) is 6.42. The summed E-state index contributed by atoms with van der Waals surface area (Å²) in [5, 5.41) is 13.0. The van der Waals surface area contributed by atoms with Gasteiger partial charge in [-0.25, -0.2) is 0 Å². The highest BCUT2D eigenvalue weighted by molar-refractivity contribution is 5.39. The maximum atomic E-state index is 9.58. The molecule has 0 saturated carbocycles. The smallest absolute Gasteiger partial charge is 1.00 e. The largest absolute Gasteiger partial charge is 1.00 e. The number of aliphatic hydroxyl groups excluding tert-OH is 1. The first kappa shape index (κ1) is 13.7. The van der Waals surface area contributed by atoms with Gasteiger partial charge in [0.2, 0.25) is 0 Å². The van der Waals surface area contributed by atoms with Gasteiger partial charge in [0.05, 0.1) is 6.61 Å². The second-order valence-corrected chi connectivity index (χ2v) is 5.16. The molecule has 0 aliphatic carbocycles. The monoisotopic (exact) mass is 269 g/mol. The Morgan fingerprint density at radius 2 is 2.06 bits per heavy atom. The number of aliphatic hydroxyl groups is 1. The molecule has 1 fully saturated rings. The Hall–Kier alpha value is -0.770. The zero-order valence-corrected chi connectivity index (χ0v) is 11.1. The van der Waals surface area contributed by atoms with Gasteiger partial charge in [0.15, 0.2) is 0 Å². The molecule has 2 aliphatic heterocycles. The van der Waals surface area contributed by atoms with Gasteiger partial charge in [-0.05, 0) is 44.0 Å².